The molecule has 0 aromatic heterocycles. The lowest BCUT2D eigenvalue weighted by atomic mass is 10.1. The van der Waals surface area contributed by atoms with E-state index in [1.165, 1.54) is 0 Å². The van der Waals surface area contributed by atoms with E-state index < -0.39 is 0 Å². The third kappa shape index (κ3) is 7.45. The van der Waals surface area contributed by atoms with Gasteiger partial charge in [-0.15, -0.1) is 24.0 Å². The summed E-state index contributed by atoms with van der Waals surface area (Å²) in [6.45, 7) is 5.35. The molecule has 0 saturated heterocycles. The molecule has 0 aliphatic heterocycles. The zero-order valence-corrected chi connectivity index (χ0v) is 19.6. The number of hydrogen-bond donors (Lipinski definition) is 2. The van der Waals surface area contributed by atoms with Gasteiger partial charge in [0.1, 0.15) is 11.5 Å². The summed E-state index contributed by atoms with van der Waals surface area (Å²) in [6.07, 6.45) is 0. The average Bonchev–Trinajstić information content (AvgIpc) is 2.68. The van der Waals surface area contributed by atoms with Gasteiger partial charge < -0.3 is 25.4 Å². The maximum Gasteiger partial charge on any atom is 0.253 e. The van der Waals surface area contributed by atoms with E-state index in [0.29, 0.717) is 36.8 Å². The molecular weight excluding hydrogens is 483 g/mol. The molecule has 0 unspecified atom stereocenters. The number of amides is 1. The molecule has 0 atom stereocenters. The number of hydrogen-bond acceptors (Lipinski definition) is 4. The van der Waals surface area contributed by atoms with E-state index in [0.717, 1.165) is 11.3 Å². The van der Waals surface area contributed by atoms with E-state index in [2.05, 4.69) is 10.3 Å². The summed E-state index contributed by atoms with van der Waals surface area (Å²) in [5, 5.41) is 3.07. The lowest BCUT2D eigenvalue weighted by molar-refractivity contribution is 0.0827. The van der Waals surface area contributed by atoms with Gasteiger partial charge in [0.25, 0.3) is 5.91 Å². The van der Waals surface area contributed by atoms with Gasteiger partial charge in [-0.3, -0.25) is 4.79 Å². The van der Waals surface area contributed by atoms with Crippen molar-refractivity contribution in [3.8, 4) is 11.5 Å². The molecule has 0 fully saturated rings. The number of nitrogens with one attached hydrogen (secondary N) is 1. The molecular formula is C21H29IN4O3. The normalized spacial score (nSPS) is 10.7. The Kier molecular flexibility index (Phi) is 10.3. The molecule has 0 spiro atoms. The predicted octanol–water partition coefficient (Wildman–Crippen LogP) is 3.73. The first-order valence-corrected chi connectivity index (χ1v) is 9.21. The molecule has 3 N–H and O–H groups in total. The Hall–Kier alpha value is -2.49. The number of benzene rings is 2. The molecule has 0 aliphatic rings. The molecule has 0 aliphatic carbocycles. The zero-order valence-electron chi connectivity index (χ0n) is 17.3. The van der Waals surface area contributed by atoms with Crippen molar-refractivity contribution in [3.05, 3.63) is 53.6 Å². The maximum absolute atomic E-state index is 11.9. The summed E-state index contributed by atoms with van der Waals surface area (Å²) in [5.41, 5.74) is 8.33. The third-order valence-corrected chi connectivity index (χ3v) is 3.86. The number of halogens is 1. The average molecular weight is 512 g/mol. The van der Waals surface area contributed by atoms with Crippen LogP contribution in [0.1, 0.15) is 29.8 Å². The Balaban J connectivity index is 0.00000420. The fraction of sp³-hybridized carbons (Fsp3) is 0.333. The lowest BCUT2D eigenvalue weighted by Crippen LogP contribution is -2.23. The van der Waals surface area contributed by atoms with Crippen LogP contribution < -0.4 is 20.5 Å². The quantitative estimate of drug-likeness (QED) is 0.320. The van der Waals surface area contributed by atoms with E-state index >= 15 is 0 Å². The Morgan fingerprint density at radius 3 is 2.31 bits per heavy atom. The second-order valence-corrected chi connectivity index (χ2v) is 6.25. The van der Waals surface area contributed by atoms with Crippen LogP contribution >= 0.6 is 24.0 Å². The molecule has 2 aromatic carbocycles. The van der Waals surface area contributed by atoms with Crippen molar-refractivity contribution in [2.45, 2.75) is 20.4 Å². The fourth-order valence-corrected chi connectivity index (χ4v) is 2.51. The number of carbonyl (C=O) groups is 1. The minimum atomic E-state index is -0.0335. The van der Waals surface area contributed by atoms with Gasteiger partial charge in [-0.05, 0) is 43.7 Å². The van der Waals surface area contributed by atoms with Crippen LogP contribution in [0.4, 0.5) is 5.69 Å². The van der Waals surface area contributed by atoms with Crippen LogP contribution in [-0.2, 0) is 6.54 Å². The zero-order chi connectivity index (χ0) is 20.5. The van der Waals surface area contributed by atoms with Gasteiger partial charge in [-0.1, -0.05) is 12.1 Å². The van der Waals surface area contributed by atoms with E-state index in [-0.39, 0.29) is 35.8 Å². The number of nitrogens with two attached hydrogens (primary N) is 1. The minimum absolute atomic E-state index is 0. The first-order chi connectivity index (χ1) is 13.4. The number of guanidine groups is 1. The van der Waals surface area contributed by atoms with Crippen molar-refractivity contribution in [2.75, 3.05) is 32.6 Å². The Labute approximate surface area is 189 Å². The first-order valence-electron chi connectivity index (χ1n) is 9.21. The highest BCUT2D eigenvalue weighted by molar-refractivity contribution is 14.0. The number of aliphatic imine (C=N–C) groups is 1. The highest BCUT2D eigenvalue weighted by atomic mass is 127. The van der Waals surface area contributed by atoms with Crippen LogP contribution in [0.5, 0.6) is 11.5 Å². The molecule has 2 aromatic rings. The summed E-state index contributed by atoms with van der Waals surface area (Å²) >= 11 is 0. The molecule has 8 heteroatoms. The Bertz CT molecular complexity index is 823. The summed E-state index contributed by atoms with van der Waals surface area (Å²) in [7, 11) is 3.45. The Morgan fingerprint density at radius 2 is 1.72 bits per heavy atom. The summed E-state index contributed by atoms with van der Waals surface area (Å²) in [6, 6.07) is 12.8. The van der Waals surface area contributed by atoms with Crippen molar-refractivity contribution < 1.29 is 14.3 Å². The molecule has 7 nitrogen and oxygen atoms in total. The second kappa shape index (κ2) is 12.2. The van der Waals surface area contributed by atoms with Crippen LogP contribution in [0, 0.1) is 0 Å². The van der Waals surface area contributed by atoms with Gasteiger partial charge in [-0.25, -0.2) is 4.99 Å². The van der Waals surface area contributed by atoms with Crippen LogP contribution in [0.15, 0.2) is 47.5 Å². The molecule has 1 amide bonds. The molecule has 0 heterocycles. The van der Waals surface area contributed by atoms with Crippen LogP contribution in [0.25, 0.3) is 0 Å². The largest absolute Gasteiger partial charge is 0.494 e. The van der Waals surface area contributed by atoms with Gasteiger partial charge in [0.05, 0.1) is 25.4 Å². The number of nitrogens with zero attached hydrogens (tertiary/aromatic N) is 2. The summed E-state index contributed by atoms with van der Waals surface area (Å²) in [5.74, 6) is 1.63. The standard InChI is InChI=1S/C21H28N4O3.HI/c1-5-27-17-11-12-19(28-6-2)18(13-17)24-21(22)23-14-15-7-9-16(10-8-15)20(26)25(3)4;/h7-13H,5-6,14H2,1-4H3,(H3,22,23,24);1H. The van der Waals surface area contributed by atoms with E-state index in [1.54, 1.807) is 31.1 Å². The monoisotopic (exact) mass is 512 g/mol. The smallest absolute Gasteiger partial charge is 0.253 e. The topological polar surface area (TPSA) is 89.2 Å². The first kappa shape index (κ1) is 24.5. The van der Waals surface area contributed by atoms with Gasteiger partial charge in [0.2, 0.25) is 0 Å². The SMILES string of the molecule is CCOc1ccc(OCC)c(NC(N)=NCc2ccc(C(=O)N(C)C)cc2)c1.I. The summed E-state index contributed by atoms with van der Waals surface area (Å²) in [4.78, 5) is 17.8. The van der Waals surface area contributed by atoms with E-state index in [9.17, 15) is 4.79 Å². The number of ether oxygens (including phenoxy) is 2. The molecule has 2 rings (SSSR count). The molecule has 0 radical (unpaired) electrons. The second-order valence-electron chi connectivity index (χ2n) is 6.25. The van der Waals surface area contributed by atoms with Gasteiger partial charge in [0, 0.05) is 25.7 Å². The van der Waals surface area contributed by atoms with Crippen LogP contribution in [0.3, 0.4) is 0 Å². The minimum Gasteiger partial charge on any atom is -0.494 e. The van der Waals surface area contributed by atoms with Crippen LogP contribution in [0.2, 0.25) is 0 Å². The van der Waals surface area contributed by atoms with Gasteiger partial charge in [0.15, 0.2) is 5.96 Å². The molecule has 0 bridgehead atoms. The molecule has 0 saturated carbocycles. The Morgan fingerprint density at radius 1 is 1.07 bits per heavy atom. The number of rotatable bonds is 8. The van der Waals surface area contributed by atoms with Gasteiger partial charge in [-0.2, -0.15) is 0 Å². The number of carbonyl (C=O) groups excluding carboxylic acids is 1. The van der Waals surface area contributed by atoms with Crippen LogP contribution in [-0.4, -0.2) is 44.1 Å². The fourth-order valence-electron chi connectivity index (χ4n) is 2.51. The lowest BCUT2D eigenvalue weighted by Gasteiger charge is -2.14. The highest BCUT2D eigenvalue weighted by Crippen LogP contribution is 2.29. The maximum atomic E-state index is 11.9. The third-order valence-electron chi connectivity index (χ3n) is 3.86. The van der Waals surface area contributed by atoms with Crippen molar-refractivity contribution in [3.63, 3.8) is 0 Å². The van der Waals surface area contributed by atoms with E-state index in [1.807, 2.05) is 44.2 Å². The van der Waals surface area contributed by atoms with Crippen molar-refractivity contribution in [1.82, 2.24) is 4.90 Å². The van der Waals surface area contributed by atoms with Crippen molar-refractivity contribution >= 4 is 41.5 Å². The van der Waals surface area contributed by atoms with Crippen molar-refractivity contribution in [1.29, 1.82) is 0 Å². The number of anilines is 1. The molecule has 29 heavy (non-hydrogen) atoms. The van der Waals surface area contributed by atoms with E-state index in [4.69, 9.17) is 15.2 Å². The van der Waals surface area contributed by atoms with Gasteiger partial charge >= 0.3 is 0 Å². The highest BCUT2D eigenvalue weighted by Gasteiger charge is 2.08. The molecule has 158 valence electrons. The summed E-state index contributed by atoms with van der Waals surface area (Å²) < 4.78 is 11.2. The van der Waals surface area contributed by atoms with Crippen molar-refractivity contribution in [2.24, 2.45) is 10.7 Å². The predicted molar refractivity (Wildman–Crippen MR) is 128 cm³/mol.